The molecule has 0 aliphatic rings. The van der Waals surface area contributed by atoms with E-state index < -0.39 is 0 Å². The normalized spacial score (nSPS) is 11.0. The molecule has 0 saturated carbocycles. The molecule has 2 heterocycles. The van der Waals surface area contributed by atoms with E-state index in [0.29, 0.717) is 24.5 Å². The first-order valence-corrected chi connectivity index (χ1v) is 10.9. The Bertz CT molecular complexity index is 1230. The SMILES string of the molecule is Cc1nn(Cc2cccc(C(=O)Nc3cc(C)n(Cc4ccccc4)n3)c2)c(C)c1Br. The lowest BCUT2D eigenvalue weighted by Gasteiger charge is -2.08. The molecular formula is C24H24BrN5O. The van der Waals surface area contributed by atoms with Gasteiger partial charge in [-0.15, -0.1) is 0 Å². The van der Waals surface area contributed by atoms with Gasteiger partial charge in [0.15, 0.2) is 5.82 Å². The lowest BCUT2D eigenvalue weighted by Crippen LogP contribution is -2.14. The number of rotatable bonds is 6. The topological polar surface area (TPSA) is 64.7 Å². The maximum Gasteiger partial charge on any atom is 0.256 e. The summed E-state index contributed by atoms with van der Waals surface area (Å²) >= 11 is 3.56. The van der Waals surface area contributed by atoms with E-state index in [-0.39, 0.29) is 5.91 Å². The van der Waals surface area contributed by atoms with Gasteiger partial charge in [0.25, 0.3) is 5.91 Å². The van der Waals surface area contributed by atoms with Crippen molar-refractivity contribution in [1.82, 2.24) is 19.6 Å². The van der Waals surface area contributed by atoms with Crippen LogP contribution in [-0.4, -0.2) is 25.5 Å². The highest BCUT2D eigenvalue weighted by Crippen LogP contribution is 2.21. The van der Waals surface area contributed by atoms with Crippen LogP contribution < -0.4 is 5.32 Å². The number of hydrogen-bond donors (Lipinski definition) is 1. The molecule has 0 radical (unpaired) electrons. The summed E-state index contributed by atoms with van der Waals surface area (Å²) in [6, 6.07) is 19.6. The van der Waals surface area contributed by atoms with Crippen LogP contribution in [0, 0.1) is 20.8 Å². The predicted molar refractivity (Wildman–Crippen MR) is 125 cm³/mol. The van der Waals surface area contributed by atoms with Gasteiger partial charge < -0.3 is 5.32 Å². The Hall–Kier alpha value is -3.19. The van der Waals surface area contributed by atoms with Gasteiger partial charge in [0.05, 0.1) is 29.0 Å². The molecule has 158 valence electrons. The molecule has 0 unspecified atom stereocenters. The lowest BCUT2D eigenvalue weighted by molar-refractivity contribution is 0.102. The summed E-state index contributed by atoms with van der Waals surface area (Å²) in [7, 11) is 0. The lowest BCUT2D eigenvalue weighted by atomic mass is 10.1. The molecule has 1 N–H and O–H groups in total. The van der Waals surface area contributed by atoms with E-state index in [2.05, 4.69) is 43.6 Å². The van der Waals surface area contributed by atoms with Crippen molar-refractivity contribution in [2.24, 2.45) is 0 Å². The van der Waals surface area contributed by atoms with E-state index in [0.717, 1.165) is 32.7 Å². The summed E-state index contributed by atoms with van der Waals surface area (Å²) < 4.78 is 4.84. The quantitative estimate of drug-likeness (QED) is 0.419. The average Bonchev–Trinajstić information content (AvgIpc) is 3.22. The fourth-order valence-electron chi connectivity index (χ4n) is 3.49. The third-order valence-electron chi connectivity index (χ3n) is 5.21. The molecule has 2 aromatic carbocycles. The van der Waals surface area contributed by atoms with Crippen molar-refractivity contribution in [3.8, 4) is 0 Å². The minimum Gasteiger partial charge on any atom is -0.305 e. The number of nitrogens with zero attached hydrogens (tertiary/aromatic N) is 4. The molecule has 0 atom stereocenters. The summed E-state index contributed by atoms with van der Waals surface area (Å²) in [5.74, 6) is 0.368. The zero-order valence-corrected chi connectivity index (χ0v) is 19.3. The summed E-state index contributed by atoms with van der Waals surface area (Å²) in [4.78, 5) is 12.8. The van der Waals surface area contributed by atoms with E-state index in [4.69, 9.17) is 0 Å². The first-order chi connectivity index (χ1) is 14.9. The molecule has 0 aliphatic heterocycles. The number of amides is 1. The highest BCUT2D eigenvalue weighted by atomic mass is 79.9. The van der Waals surface area contributed by atoms with Gasteiger partial charge in [-0.1, -0.05) is 42.5 Å². The molecule has 0 spiro atoms. The van der Waals surface area contributed by atoms with Crippen LogP contribution in [0.2, 0.25) is 0 Å². The Morgan fingerprint density at radius 3 is 2.32 bits per heavy atom. The second-order valence-corrected chi connectivity index (χ2v) is 8.40. The van der Waals surface area contributed by atoms with Crippen LogP contribution in [0.4, 0.5) is 5.82 Å². The summed E-state index contributed by atoms with van der Waals surface area (Å²) in [6.45, 7) is 7.24. The number of hydrogen-bond acceptors (Lipinski definition) is 3. The Kier molecular flexibility index (Phi) is 6.04. The van der Waals surface area contributed by atoms with Crippen LogP contribution in [0.1, 0.15) is 38.6 Å². The fraction of sp³-hybridized carbons (Fsp3) is 0.208. The van der Waals surface area contributed by atoms with Gasteiger partial charge in [0.1, 0.15) is 0 Å². The van der Waals surface area contributed by atoms with Gasteiger partial charge in [-0.25, -0.2) is 0 Å². The van der Waals surface area contributed by atoms with Crippen molar-refractivity contribution < 1.29 is 4.79 Å². The van der Waals surface area contributed by atoms with Crippen molar-refractivity contribution in [2.75, 3.05) is 5.32 Å². The number of nitrogens with one attached hydrogen (secondary N) is 1. The van der Waals surface area contributed by atoms with Gasteiger partial charge in [-0.05, 0) is 60.0 Å². The zero-order valence-electron chi connectivity index (χ0n) is 17.8. The molecular weight excluding hydrogens is 454 g/mol. The van der Waals surface area contributed by atoms with E-state index in [1.807, 2.05) is 78.7 Å². The number of benzene rings is 2. The van der Waals surface area contributed by atoms with Crippen molar-refractivity contribution >= 4 is 27.7 Å². The fourth-order valence-corrected chi connectivity index (χ4v) is 3.77. The number of carbonyl (C=O) groups is 1. The van der Waals surface area contributed by atoms with Gasteiger partial charge in [-0.3, -0.25) is 14.2 Å². The molecule has 31 heavy (non-hydrogen) atoms. The van der Waals surface area contributed by atoms with E-state index in [1.165, 1.54) is 0 Å². The second-order valence-electron chi connectivity index (χ2n) is 7.61. The third kappa shape index (κ3) is 4.77. The van der Waals surface area contributed by atoms with Crippen LogP contribution in [-0.2, 0) is 13.1 Å². The molecule has 0 aliphatic carbocycles. The number of carbonyl (C=O) groups excluding carboxylic acids is 1. The molecule has 6 nitrogen and oxygen atoms in total. The van der Waals surface area contributed by atoms with Crippen LogP contribution in [0.25, 0.3) is 0 Å². The molecule has 0 bridgehead atoms. The van der Waals surface area contributed by atoms with Crippen molar-refractivity contribution in [3.05, 3.63) is 98.9 Å². The van der Waals surface area contributed by atoms with Gasteiger partial charge >= 0.3 is 0 Å². The van der Waals surface area contributed by atoms with Gasteiger partial charge in [0, 0.05) is 17.3 Å². The van der Waals surface area contributed by atoms with Crippen LogP contribution in [0.15, 0.2) is 65.1 Å². The minimum atomic E-state index is -0.180. The van der Waals surface area contributed by atoms with E-state index in [1.54, 1.807) is 0 Å². The van der Waals surface area contributed by atoms with Gasteiger partial charge in [-0.2, -0.15) is 10.2 Å². The molecule has 2 aromatic heterocycles. The first kappa shape index (κ1) is 21.1. The Labute approximate surface area is 190 Å². The van der Waals surface area contributed by atoms with Crippen molar-refractivity contribution in [3.63, 3.8) is 0 Å². The monoisotopic (exact) mass is 477 g/mol. The smallest absolute Gasteiger partial charge is 0.256 e. The molecule has 0 saturated heterocycles. The number of aromatic nitrogens is 4. The molecule has 4 rings (SSSR count). The summed E-state index contributed by atoms with van der Waals surface area (Å²) in [6.07, 6.45) is 0. The highest BCUT2D eigenvalue weighted by molar-refractivity contribution is 9.10. The Morgan fingerprint density at radius 1 is 0.903 bits per heavy atom. The summed E-state index contributed by atoms with van der Waals surface area (Å²) in [5.41, 5.74) is 5.77. The predicted octanol–water partition coefficient (Wildman–Crippen LogP) is 5.12. The number of halogens is 1. The molecule has 0 fully saturated rings. The average molecular weight is 478 g/mol. The van der Waals surface area contributed by atoms with E-state index >= 15 is 0 Å². The zero-order chi connectivity index (χ0) is 22.0. The van der Waals surface area contributed by atoms with E-state index in [9.17, 15) is 4.79 Å². The Balaban J connectivity index is 1.47. The Morgan fingerprint density at radius 2 is 1.61 bits per heavy atom. The number of aryl methyl sites for hydroxylation is 2. The van der Waals surface area contributed by atoms with Crippen LogP contribution in [0.5, 0.6) is 0 Å². The van der Waals surface area contributed by atoms with Crippen molar-refractivity contribution in [2.45, 2.75) is 33.9 Å². The summed E-state index contributed by atoms with van der Waals surface area (Å²) in [5, 5.41) is 12.0. The first-order valence-electron chi connectivity index (χ1n) is 10.1. The maximum atomic E-state index is 12.8. The van der Waals surface area contributed by atoms with Crippen molar-refractivity contribution in [1.29, 1.82) is 0 Å². The highest BCUT2D eigenvalue weighted by Gasteiger charge is 2.13. The molecule has 7 heteroatoms. The minimum absolute atomic E-state index is 0.180. The van der Waals surface area contributed by atoms with Crippen LogP contribution >= 0.6 is 15.9 Å². The molecule has 1 amide bonds. The maximum absolute atomic E-state index is 12.8. The van der Waals surface area contributed by atoms with Crippen LogP contribution in [0.3, 0.4) is 0 Å². The third-order valence-corrected chi connectivity index (χ3v) is 6.36. The number of anilines is 1. The largest absolute Gasteiger partial charge is 0.305 e. The van der Waals surface area contributed by atoms with Gasteiger partial charge in [0.2, 0.25) is 0 Å². The molecule has 4 aromatic rings. The second kappa shape index (κ2) is 8.89. The standard InChI is InChI=1S/C24H24BrN5O/c1-16-12-22(28-29(16)14-19-8-5-4-6-9-19)26-24(31)21-11-7-10-20(13-21)15-30-18(3)23(25)17(2)27-30/h4-13H,14-15H2,1-3H3,(H,26,28,31).